The van der Waals surface area contributed by atoms with Gasteiger partial charge in [0.05, 0.1) is 0 Å². The molecule has 1 unspecified atom stereocenters. The molecule has 0 heterocycles. The molecule has 1 atom stereocenters. The van der Waals surface area contributed by atoms with Crippen LogP contribution in [0.1, 0.15) is 27.2 Å². The number of hydrogen-bond acceptors (Lipinski definition) is 2. The molecule has 0 saturated carbocycles. The fourth-order valence-electron chi connectivity index (χ4n) is 0.995. The normalized spacial score (nSPS) is 14.6. The minimum absolute atomic E-state index is 0.139. The Kier molecular flexibility index (Phi) is 6.68. The quantitative estimate of drug-likeness (QED) is 0.682. The van der Waals surface area contributed by atoms with Crippen molar-refractivity contribution >= 4 is 21.8 Å². The van der Waals surface area contributed by atoms with E-state index in [4.69, 9.17) is 11.6 Å². The number of hydrogen-bond donors (Lipinski definition) is 1. The molecule has 0 bridgehead atoms. The lowest BCUT2D eigenvalue weighted by Gasteiger charge is -2.19. The Balaban J connectivity index is 4.20. The van der Waals surface area contributed by atoms with Gasteiger partial charge in [-0.25, -0.2) is 4.72 Å². The lowest BCUT2D eigenvalue weighted by atomic mass is 10.3. The summed E-state index contributed by atoms with van der Waals surface area (Å²) in [7, 11) is -3.33. The van der Waals surface area contributed by atoms with Gasteiger partial charge >= 0.3 is 0 Å². The first-order valence-electron chi connectivity index (χ1n) is 4.86. The monoisotopic (exact) mass is 242 g/mol. The van der Waals surface area contributed by atoms with E-state index in [1.165, 1.54) is 4.31 Å². The Hall–Kier alpha value is 0.160. The lowest BCUT2D eigenvalue weighted by Crippen LogP contribution is -2.42. The second kappa shape index (κ2) is 6.61. The van der Waals surface area contributed by atoms with Gasteiger partial charge in [-0.3, -0.25) is 0 Å². The molecule has 86 valence electrons. The fraction of sp³-hybridized carbons (Fsp3) is 1.00. The molecule has 4 nitrogen and oxygen atoms in total. The Morgan fingerprint density at radius 1 is 1.29 bits per heavy atom. The van der Waals surface area contributed by atoms with Crippen LogP contribution in [0.3, 0.4) is 0 Å². The maximum atomic E-state index is 11.6. The number of nitrogens with one attached hydrogen (secondary N) is 1. The summed E-state index contributed by atoms with van der Waals surface area (Å²) in [5, 5.41) is -0.139. The maximum absolute atomic E-state index is 11.6. The summed E-state index contributed by atoms with van der Waals surface area (Å²) in [4.78, 5) is 0. The van der Waals surface area contributed by atoms with Crippen LogP contribution in [0, 0.1) is 0 Å². The summed E-state index contributed by atoms with van der Waals surface area (Å²) in [5.41, 5.74) is 0. The first kappa shape index (κ1) is 14.2. The van der Waals surface area contributed by atoms with Gasteiger partial charge < -0.3 is 0 Å². The van der Waals surface area contributed by atoms with E-state index in [0.717, 1.165) is 6.42 Å². The Morgan fingerprint density at radius 3 is 2.14 bits per heavy atom. The topological polar surface area (TPSA) is 49.4 Å². The Morgan fingerprint density at radius 2 is 1.79 bits per heavy atom. The van der Waals surface area contributed by atoms with E-state index in [1.54, 1.807) is 13.8 Å². The molecule has 0 aliphatic rings. The van der Waals surface area contributed by atoms with E-state index in [2.05, 4.69) is 4.72 Å². The molecule has 0 fully saturated rings. The molecule has 0 amide bonds. The van der Waals surface area contributed by atoms with Crippen LogP contribution in [0.4, 0.5) is 0 Å². The van der Waals surface area contributed by atoms with Crippen molar-refractivity contribution in [3.8, 4) is 0 Å². The minimum Gasteiger partial charge on any atom is -0.201 e. The summed E-state index contributed by atoms with van der Waals surface area (Å²) in [6, 6.07) is 0. The molecule has 0 aromatic rings. The van der Waals surface area contributed by atoms with Crippen molar-refractivity contribution < 1.29 is 8.42 Å². The van der Waals surface area contributed by atoms with Crippen LogP contribution in [0.25, 0.3) is 0 Å². The van der Waals surface area contributed by atoms with Crippen molar-refractivity contribution in [3.05, 3.63) is 0 Å². The third-order valence-corrected chi connectivity index (χ3v) is 4.17. The van der Waals surface area contributed by atoms with E-state index in [-0.39, 0.29) is 11.9 Å². The predicted molar refractivity (Wildman–Crippen MR) is 59.8 cm³/mol. The van der Waals surface area contributed by atoms with Gasteiger partial charge in [0.1, 0.15) is 0 Å². The Labute approximate surface area is 91.8 Å². The van der Waals surface area contributed by atoms with Gasteiger partial charge in [-0.2, -0.15) is 12.7 Å². The molecule has 0 aliphatic carbocycles. The molecule has 1 N–H and O–H groups in total. The van der Waals surface area contributed by atoms with Crippen LogP contribution in [-0.2, 0) is 10.2 Å². The summed E-state index contributed by atoms with van der Waals surface area (Å²) in [5.74, 6) is 0. The van der Waals surface area contributed by atoms with Crippen LogP contribution in [0.2, 0.25) is 0 Å². The maximum Gasteiger partial charge on any atom is 0.279 e. The highest BCUT2D eigenvalue weighted by Crippen LogP contribution is 2.02. The molecule has 0 rings (SSSR count). The van der Waals surface area contributed by atoms with Gasteiger partial charge in [0.25, 0.3) is 10.2 Å². The summed E-state index contributed by atoms with van der Waals surface area (Å²) in [6.45, 7) is 6.78. The van der Waals surface area contributed by atoms with Gasteiger partial charge in [-0.15, -0.1) is 11.6 Å². The van der Waals surface area contributed by atoms with Gasteiger partial charge in [0, 0.05) is 25.0 Å². The van der Waals surface area contributed by atoms with Crippen molar-refractivity contribution in [2.45, 2.75) is 32.6 Å². The van der Waals surface area contributed by atoms with Gasteiger partial charge in [-0.05, 0) is 6.42 Å². The van der Waals surface area contributed by atoms with Crippen LogP contribution < -0.4 is 4.72 Å². The molecule has 0 saturated heterocycles. The van der Waals surface area contributed by atoms with Crippen LogP contribution in [0.15, 0.2) is 0 Å². The van der Waals surface area contributed by atoms with Crippen molar-refractivity contribution in [1.82, 2.24) is 9.03 Å². The van der Waals surface area contributed by atoms with E-state index >= 15 is 0 Å². The Bertz CT molecular complexity index is 240. The second-order valence-corrected chi connectivity index (χ2v) is 5.32. The highest BCUT2D eigenvalue weighted by atomic mass is 35.5. The van der Waals surface area contributed by atoms with Crippen molar-refractivity contribution in [3.63, 3.8) is 0 Å². The van der Waals surface area contributed by atoms with Crippen LogP contribution >= 0.6 is 11.6 Å². The number of alkyl halides is 1. The lowest BCUT2D eigenvalue weighted by molar-refractivity contribution is 0.434. The largest absolute Gasteiger partial charge is 0.279 e. The molecule has 6 heteroatoms. The molecule has 0 aliphatic heterocycles. The van der Waals surface area contributed by atoms with E-state index in [9.17, 15) is 8.42 Å². The zero-order valence-electron chi connectivity index (χ0n) is 8.96. The summed E-state index contributed by atoms with van der Waals surface area (Å²) in [6.07, 6.45) is 0.752. The van der Waals surface area contributed by atoms with Crippen molar-refractivity contribution in [2.75, 3.05) is 19.6 Å². The average Bonchev–Trinajstić information content (AvgIpc) is 2.15. The van der Waals surface area contributed by atoms with Crippen molar-refractivity contribution in [1.29, 1.82) is 0 Å². The molecule has 0 aromatic carbocycles. The predicted octanol–water partition coefficient (Wildman–Crippen LogP) is 1.18. The fourth-order valence-corrected chi connectivity index (χ4v) is 2.44. The highest BCUT2D eigenvalue weighted by molar-refractivity contribution is 7.87. The van der Waals surface area contributed by atoms with E-state index < -0.39 is 10.2 Å². The molecule has 0 spiro atoms. The van der Waals surface area contributed by atoms with Crippen LogP contribution in [-0.4, -0.2) is 37.7 Å². The second-order valence-electron chi connectivity index (χ2n) is 2.94. The molecular formula is C8H19ClN2O2S. The van der Waals surface area contributed by atoms with Crippen molar-refractivity contribution in [2.24, 2.45) is 0 Å². The van der Waals surface area contributed by atoms with Gasteiger partial charge in [-0.1, -0.05) is 20.8 Å². The third-order valence-electron chi connectivity index (χ3n) is 1.98. The number of nitrogens with zero attached hydrogens (tertiary/aromatic N) is 1. The zero-order chi connectivity index (χ0) is 11.2. The molecule has 0 aromatic heterocycles. The zero-order valence-corrected chi connectivity index (χ0v) is 10.5. The first-order valence-corrected chi connectivity index (χ1v) is 6.74. The highest BCUT2D eigenvalue weighted by Gasteiger charge is 2.18. The standard InChI is InChI=1S/C8H19ClN2O2S/c1-4-8(9)7-10-14(12,13)11(5-2)6-3/h8,10H,4-7H2,1-3H3. The van der Waals surface area contributed by atoms with Gasteiger partial charge in [0.2, 0.25) is 0 Å². The first-order chi connectivity index (χ1) is 6.47. The smallest absolute Gasteiger partial charge is 0.201 e. The third kappa shape index (κ3) is 4.59. The summed E-state index contributed by atoms with van der Waals surface area (Å²) < 4.78 is 27.0. The van der Waals surface area contributed by atoms with Crippen LogP contribution in [0.5, 0.6) is 0 Å². The SMILES string of the molecule is CCC(Cl)CNS(=O)(=O)N(CC)CC. The number of rotatable bonds is 7. The minimum atomic E-state index is -3.33. The number of halogens is 1. The van der Waals surface area contributed by atoms with Gasteiger partial charge in [0.15, 0.2) is 0 Å². The molecule has 14 heavy (non-hydrogen) atoms. The van der Waals surface area contributed by atoms with E-state index in [1.807, 2.05) is 6.92 Å². The molecule has 0 radical (unpaired) electrons. The summed E-state index contributed by atoms with van der Waals surface area (Å²) >= 11 is 5.82. The average molecular weight is 243 g/mol. The van der Waals surface area contributed by atoms with E-state index in [0.29, 0.717) is 13.1 Å². The molecular weight excluding hydrogens is 224 g/mol.